The molecule has 0 amide bonds. The van der Waals surface area contributed by atoms with Crippen LogP contribution in [0.4, 0.5) is 10.3 Å². The van der Waals surface area contributed by atoms with Crippen molar-refractivity contribution in [2.45, 2.75) is 0 Å². The monoisotopic (exact) mass is 270 g/mol. The summed E-state index contributed by atoms with van der Waals surface area (Å²) in [5, 5.41) is 1.87. The first-order chi connectivity index (χ1) is 9.78. The van der Waals surface area contributed by atoms with E-state index in [4.69, 9.17) is 10.6 Å². The van der Waals surface area contributed by atoms with Gasteiger partial charge in [-0.3, -0.25) is 5.43 Å². The fraction of sp³-hybridized carbons (Fsp3) is 0. The number of nitrogens with zero attached hydrogens (tertiary/aromatic N) is 2. The van der Waals surface area contributed by atoms with Crippen LogP contribution >= 0.6 is 0 Å². The number of benzene rings is 2. The van der Waals surface area contributed by atoms with Crippen LogP contribution in [-0.4, -0.2) is 9.97 Å². The molecule has 1 aromatic heterocycles. The Balaban J connectivity index is 2.05. The van der Waals surface area contributed by atoms with Crippen LogP contribution in [0.5, 0.6) is 11.6 Å². The molecule has 3 N–H and O–H groups in total. The fourth-order valence-electron chi connectivity index (χ4n) is 1.88. The number of fused-ring (bicyclic) bond motifs is 1. The van der Waals surface area contributed by atoms with Crippen LogP contribution in [0, 0.1) is 5.82 Å². The number of halogens is 1. The SMILES string of the molecule is NNc1ncc(F)c(Oc2cccc3ccccc23)n1. The molecule has 20 heavy (non-hydrogen) atoms. The van der Waals surface area contributed by atoms with Gasteiger partial charge in [-0.25, -0.2) is 10.8 Å². The van der Waals surface area contributed by atoms with Crippen molar-refractivity contribution in [3.05, 3.63) is 54.5 Å². The maximum absolute atomic E-state index is 13.7. The Bertz CT molecular complexity index is 758. The molecule has 0 atom stereocenters. The van der Waals surface area contributed by atoms with E-state index < -0.39 is 5.82 Å². The Kier molecular flexibility index (Phi) is 3.14. The topological polar surface area (TPSA) is 73.1 Å². The van der Waals surface area contributed by atoms with Crippen LogP contribution in [0.15, 0.2) is 48.7 Å². The quantitative estimate of drug-likeness (QED) is 0.565. The molecule has 0 aliphatic heterocycles. The smallest absolute Gasteiger partial charge is 0.260 e. The summed E-state index contributed by atoms with van der Waals surface area (Å²) < 4.78 is 19.2. The standard InChI is InChI=1S/C14H11FN4O/c15-11-8-17-14(19-16)18-13(11)20-12-7-3-5-9-4-1-2-6-10(9)12/h1-8H,16H2,(H,17,18,19). The van der Waals surface area contributed by atoms with Crippen LogP contribution < -0.4 is 16.0 Å². The lowest BCUT2D eigenvalue weighted by Crippen LogP contribution is -2.11. The highest BCUT2D eigenvalue weighted by Crippen LogP contribution is 2.30. The summed E-state index contributed by atoms with van der Waals surface area (Å²) in [5.41, 5.74) is 2.25. The highest BCUT2D eigenvalue weighted by Gasteiger charge is 2.10. The first-order valence-electron chi connectivity index (χ1n) is 5.92. The Morgan fingerprint density at radius 2 is 1.90 bits per heavy atom. The number of anilines is 1. The predicted octanol–water partition coefficient (Wildman–Crippen LogP) is 2.85. The molecule has 0 saturated heterocycles. The van der Waals surface area contributed by atoms with E-state index in [1.165, 1.54) is 0 Å². The minimum atomic E-state index is -0.656. The summed E-state index contributed by atoms with van der Waals surface area (Å²) in [7, 11) is 0. The van der Waals surface area contributed by atoms with E-state index in [0.717, 1.165) is 17.0 Å². The van der Waals surface area contributed by atoms with Gasteiger partial charge in [-0.1, -0.05) is 36.4 Å². The van der Waals surface area contributed by atoms with Crippen molar-refractivity contribution < 1.29 is 9.13 Å². The van der Waals surface area contributed by atoms with Crippen molar-refractivity contribution in [3.8, 4) is 11.6 Å². The van der Waals surface area contributed by atoms with Gasteiger partial charge in [0.25, 0.3) is 5.88 Å². The Morgan fingerprint density at radius 3 is 2.75 bits per heavy atom. The molecule has 1 heterocycles. The van der Waals surface area contributed by atoms with Gasteiger partial charge in [0, 0.05) is 5.39 Å². The van der Waals surface area contributed by atoms with E-state index in [-0.39, 0.29) is 11.8 Å². The number of nitrogens with one attached hydrogen (secondary N) is 1. The first kappa shape index (κ1) is 12.3. The zero-order valence-electron chi connectivity index (χ0n) is 10.4. The Morgan fingerprint density at radius 1 is 1.10 bits per heavy atom. The Hall–Kier alpha value is -2.73. The van der Waals surface area contributed by atoms with Crippen LogP contribution in [0.3, 0.4) is 0 Å². The minimum Gasteiger partial charge on any atom is -0.436 e. The number of ether oxygens (including phenoxy) is 1. The van der Waals surface area contributed by atoms with E-state index in [2.05, 4.69) is 15.4 Å². The van der Waals surface area contributed by atoms with Gasteiger partial charge < -0.3 is 4.74 Å². The molecule has 0 unspecified atom stereocenters. The second kappa shape index (κ2) is 5.10. The summed E-state index contributed by atoms with van der Waals surface area (Å²) in [4.78, 5) is 7.51. The maximum Gasteiger partial charge on any atom is 0.260 e. The van der Waals surface area contributed by atoms with Gasteiger partial charge in [-0.2, -0.15) is 9.37 Å². The second-order valence-electron chi connectivity index (χ2n) is 4.07. The van der Waals surface area contributed by atoms with E-state index >= 15 is 0 Å². The third-order valence-corrected chi connectivity index (χ3v) is 2.80. The van der Waals surface area contributed by atoms with E-state index in [1.807, 2.05) is 36.4 Å². The molecular weight excluding hydrogens is 259 g/mol. The van der Waals surface area contributed by atoms with Crippen molar-refractivity contribution in [2.24, 2.45) is 5.84 Å². The predicted molar refractivity (Wildman–Crippen MR) is 73.8 cm³/mol. The number of nitrogens with two attached hydrogens (primary N) is 1. The van der Waals surface area contributed by atoms with Crippen LogP contribution in [0.1, 0.15) is 0 Å². The highest BCUT2D eigenvalue weighted by molar-refractivity contribution is 5.88. The summed E-state index contributed by atoms with van der Waals surface area (Å²) >= 11 is 0. The van der Waals surface area contributed by atoms with Crippen molar-refractivity contribution in [2.75, 3.05) is 5.43 Å². The van der Waals surface area contributed by atoms with E-state index in [9.17, 15) is 4.39 Å². The molecule has 5 nitrogen and oxygen atoms in total. The lowest BCUT2D eigenvalue weighted by molar-refractivity contribution is 0.424. The van der Waals surface area contributed by atoms with E-state index in [1.54, 1.807) is 6.07 Å². The third kappa shape index (κ3) is 2.24. The molecule has 0 saturated carbocycles. The maximum atomic E-state index is 13.7. The van der Waals surface area contributed by atoms with Gasteiger partial charge in [0.1, 0.15) is 5.75 Å². The largest absolute Gasteiger partial charge is 0.436 e. The lowest BCUT2D eigenvalue weighted by atomic mass is 10.1. The number of hydrogen-bond donors (Lipinski definition) is 2. The normalized spacial score (nSPS) is 10.5. The molecule has 100 valence electrons. The van der Waals surface area contributed by atoms with Crippen molar-refractivity contribution >= 4 is 16.7 Å². The summed E-state index contributed by atoms with van der Waals surface area (Å²) in [5.74, 6) is 4.97. The van der Waals surface area contributed by atoms with Crippen molar-refractivity contribution in [3.63, 3.8) is 0 Å². The number of nitrogen functional groups attached to an aromatic ring is 1. The molecular formula is C14H11FN4O. The summed E-state index contributed by atoms with van der Waals surface area (Å²) in [6.07, 6.45) is 1.00. The van der Waals surface area contributed by atoms with Gasteiger partial charge in [-0.05, 0) is 11.5 Å². The van der Waals surface area contributed by atoms with Gasteiger partial charge in [0.15, 0.2) is 0 Å². The molecule has 0 radical (unpaired) electrons. The molecule has 0 spiro atoms. The average Bonchev–Trinajstić information content (AvgIpc) is 2.50. The average molecular weight is 270 g/mol. The second-order valence-corrected chi connectivity index (χ2v) is 4.07. The summed E-state index contributed by atoms with van der Waals surface area (Å²) in [6, 6.07) is 13.2. The molecule has 0 bridgehead atoms. The molecule has 3 rings (SSSR count). The summed E-state index contributed by atoms with van der Waals surface area (Å²) in [6.45, 7) is 0. The number of aromatic nitrogens is 2. The molecule has 3 aromatic rings. The Labute approximate surface area is 114 Å². The molecule has 0 aliphatic carbocycles. The highest BCUT2D eigenvalue weighted by atomic mass is 19.1. The third-order valence-electron chi connectivity index (χ3n) is 2.80. The van der Waals surface area contributed by atoms with Gasteiger partial charge in [-0.15, -0.1) is 0 Å². The first-order valence-corrected chi connectivity index (χ1v) is 5.92. The zero-order valence-corrected chi connectivity index (χ0v) is 10.4. The number of hydrogen-bond acceptors (Lipinski definition) is 5. The minimum absolute atomic E-state index is 0.0848. The molecule has 2 aromatic carbocycles. The fourth-order valence-corrected chi connectivity index (χ4v) is 1.88. The van der Waals surface area contributed by atoms with E-state index in [0.29, 0.717) is 5.75 Å². The lowest BCUT2D eigenvalue weighted by Gasteiger charge is -2.09. The van der Waals surface area contributed by atoms with Gasteiger partial charge in [0.2, 0.25) is 11.8 Å². The van der Waals surface area contributed by atoms with Crippen LogP contribution in [0.2, 0.25) is 0 Å². The van der Waals surface area contributed by atoms with Gasteiger partial charge >= 0.3 is 0 Å². The van der Waals surface area contributed by atoms with Crippen molar-refractivity contribution in [1.82, 2.24) is 9.97 Å². The van der Waals surface area contributed by atoms with Gasteiger partial charge in [0.05, 0.1) is 6.20 Å². The van der Waals surface area contributed by atoms with Crippen LogP contribution in [-0.2, 0) is 0 Å². The number of rotatable bonds is 3. The van der Waals surface area contributed by atoms with Crippen LogP contribution in [0.25, 0.3) is 10.8 Å². The molecule has 6 heteroatoms. The van der Waals surface area contributed by atoms with Crippen molar-refractivity contribution in [1.29, 1.82) is 0 Å². The zero-order chi connectivity index (χ0) is 13.9. The molecule has 0 aliphatic rings. The molecule has 0 fully saturated rings. The number of hydrazine groups is 1.